The standard InChI is InChI=1S/C22H28O7/c1-2-13-3-5-14(6-4-13)9-16-8-7-15(11-23)10-17(16)28-22-21(27)20(26)19(25)18(12-24)29-22/h3-8,10,18-27H,2,9,11-12H2,1H3/t18-,19-,20+,21-,22+/m1/s1. The van der Waals surface area contributed by atoms with Gasteiger partial charge in [-0.3, -0.25) is 0 Å². The monoisotopic (exact) mass is 404 g/mol. The molecular weight excluding hydrogens is 376 g/mol. The van der Waals surface area contributed by atoms with E-state index in [9.17, 15) is 25.5 Å². The van der Waals surface area contributed by atoms with E-state index in [1.54, 1.807) is 12.1 Å². The summed E-state index contributed by atoms with van der Waals surface area (Å²) in [5.41, 5.74) is 3.73. The molecule has 2 aromatic carbocycles. The highest BCUT2D eigenvalue weighted by Crippen LogP contribution is 2.29. The van der Waals surface area contributed by atoms with E-state index in [2.05, 4.69) is 19.1 Å². The van der Waals surface area contributed by atoms with Crippen LogP contribution in [0.5, 0.6) is 5.75 Å². The summed E-state index contributed by atoms with van der Waals surface area (Å²) in [5, 5.41) is 49.0. The maximum Gasteiger partial charge on any atom is 0.229 e. The summed E-state index contributed by atoms with van der Waals surface area (Å²) in [4.78, 5) is 0. The molecule has 0 saturated carbocycles. The van der Waals surface area contributed by atoms with E-state index in [-0.39, 0.29) is 6.61 Å². The molecule has 0 amide bonds. The van der Waals surface area contributed by atoms with Crippen molar-refractivity contribution in [1.29, 1.82) is 0 Å². The van der Waals surface area contributed by atoms with Crippen molar-refractivity contribution in [3.8, 4) is 5.75 Å². The molecule has 0 aliphatic carbocycles. The van der Waals surface area contributed by atoms with Crippen LogP contribution in [-0.4, -0.2) is 62.8 Å². The van der Waals surface area contributed by atoms with Gasteiger partial charge in [-0.1, -0.05) is 43.3 Å². The van der Waals surface area contributed by atoms with E-state index < -0.39 is 37.3 Å². The zero-order valence-corrected chi connectivity index (χ0v) is 16.3. The van der Waals surface area contributed by atoms with Gasteiger partial charge < -0.3 is 35.0 Å². The first-order valence-electron chi connectivity index (χ1n) is 9.74. The first-order chi connectivity index (χ1) is 14.0. The molecule has 0 spiro atoms. The Bertz CT molecular complexity index is 790. The minimum atomic E-state index is -1.52. The van der Waals surface area contributed by atoms with Crippen LogP contribution in [0.15, 0.2) is 42.5 Å². The minimum absolute atomic E-state index is 0.184. The maximum absolute atomic E-state index is 10.3. The van der Waals surface area contributed by atoms with Gasteiger partial charge in [-0.2, -0.15) is 0 Å². The lowest BCUT2D eigenvalue weighted by molar-refractivity contribution is -0.277. The number of aliphatic hydroxyl groups excluding tert-OH is 5. The van der Waals surface area contributed by atoms with Crippen LogP contribution < -0.4 is 4.74 Å². The Morgan fingerprint density at radius 3 is 2.14 bits per heavy atom. The van der Waals surface area contributed by atoms with Crippen molar-refractivity contribution in [2.75, 3.05) is 6.61 Å². The second-order valence-electron chi connectivity index (χ2n) is 7.26. The van der Waals surface area contributed by atoms with Gasteiger partial charge in [-0.05, 0) is 34.7 Å². The molecule has 1 aliphatic heterocycles. The smallest absolute Gasteiger partial charge is 0.229 e. The summed E-state index contributed by atoms with van der Waals surface area (Å²) < 4.78 is 11.3. The fourth-order valence-electron chi connectivity index (χ4n) is 3.36. The summed E-state index contributed by atoms with van der Waals surface area (Å²) in [6, 6.07) is 13.5. The second kappa shape index (κ2) is 9.67. The van der Waals surface area contributed by atoms with E-state index >= 15 is 0 Å². The average molecular weight is 404 g/mol. The third-order valence-electron chi connectivity index (χ3n) is 5.23. The van der Waals surface area contributed by atoms with Gasteiger partial charge in [0.05, 0.1) is 13.2 Å². The zero-order chi connectivity index (χ0) is 21.0. The molecule has 0 radical (unpaired) electrons. The molecule has 5 atom stereocenters. The van der Waals surface area contributed by atoms with E-state index in [0.717, 1.165) is 17.5 Å². The largest absolute Gasteiger partial charge is 0.462 e. The fraction of sp³-hybridized carbons (Fsp3) is 0.455. The van der Waals surface area contributed by atoms with Gasteiger partial charge in [0, 0.05) is 6.42 Å². The predicted molar refractivity (Wildman–Crippen MR) is 105 cm³/mol. The Labute approximate surface area is 169 Å². The van der Waals surface area contributed by atoms with Gasteiger partial charge in [-0.25, -0.2) is 0 Å². The normalized spacial score (nSPS) is 27.0. The third-order valence-corrected chi connectivity index (χ3v) is 5.23. The summed E-state index contributed by atoms with van der Waals surface area (Å²) in [6.45, 7) is 1.38. The number of aryl methyl sites for hydroxylation is 1. The molecule has 29 heavy (non-hydrogen) atoms. The van der Waals surface area contributed by atoms with Crippen LogP contribution in [0.3, 0.4) is 0 Å². The van der Waals surface area contributed by atoms with Crippen molar-refractivity contribution in [2.24, 2.45) is 0 Å². The Kier molecular flexibility index (Phi) is 7.23. The van der Waals surface area contributed by atoms with Crippen LogP contribution in [0.2, 0.25) is 0 Å². The molecular formula is C22H28O7. The molecule has 0 unspecified atom stereocenters. The third kappa shape index (κ3) is 4.95. The van der Waals surface area contributed by atoms with Crippen LogP contribution in [-0.2, 0) is 24.2 Å². The molecule has 158 valence electrons. The molecule has 0 aromatic heterocycles. The van der Waals surface area contributed by atoms with Crippen molar-refractivity contribution < 1.29 is 35.0 Å². The van der Waals surface area contributed by atoms with E-state index in [1.165, 1.54) is 5.56 Å². The number of hydrogen-bond acceptors (Lipinski definition) is 7. The molecule has 3 rings (SSSR count). The van der Waals surface area contributed by atoms with E-state index in [1.807, 2.05) is 18.2 Å². The van der Waals surface area contributed by atoms with Crippen LogP contribution in [0.4, 0.5) is 0 Å². The Balaban J connectivity index is 1.84. The quantitative estimate of drug-likeness (QED) is 0.456. The number of ether oxygens (including phenoxy) is 2. The topological polar surface area (TPSA) is 120 Å². The Morgan fingerprint density at radius 1 is 0.862 bits per heavy atom. The number of aliphatic hydroxyl groups is 5. The molecule has 1 saturated heterocycles. The molecule has 1 fully saturated rings. The maximum atomic E-state index is 10.3. The molecule has 1 aliphatic rings. The lowest BCUT2D eigenvalue weighted by Gasteiger charge is -2.39. The van der Waals surface area contributed by atoms with Gasteiger partial charge in [0.2, 0.25) is 6.29 Å². The molecule has 7 nitrogen and oxygen atoms in total. The minimum Gasteiger partial charge on any atom is -0.462 e. The molecule has 5 N–H and O–H groups in total. The first kappa shape index (κ1) is 21.7. The van der Waals surface area contributed by atoms with Crippen molar-refractivity contribution in [1.82, 2.24) is 0 Å². The van der Waals surface area contributed by atoms with Crippen LogP contribution >= 0.6 is 0 Å². The highest BCUT2D eigenvalue weighted by Gasteiger charge is 2.44. The number of hydrogen-bond donors (Lipinski definition) is 5. The van der Waals surface area contributed by atoms with Gasteiger partial charge in [0.25, 0.3) is 0 Å². The zero-order valence-electron chi connectivity index (χ0n) is 16.3. The Hall–Kier alpha value is -2.00. The SMILES string of the molecule is CCc1ccc(Cc2ccc(CO)cc2O[C@H]2O[C@H](CO)[C@@H](O)[C@H](O)[C@H]2O)cc1. The van der Waals surface area contributed by atoms with Crippen molar-refractivity contribution in [2.45, 2.75) is 57.1 Å². The van der Waals surface area contributed by atoms with Crippen LogP contribution in [0, 0.1) is 0 Å². The summed E-state index contributed by atoms with van der Waals surface area (Å²) in [6.07, 6.45) is -5.28. The highest BCUT2D eigenvalue weighted by molar-refractivity contribution is 5.41. The second-order valence-corrected chi connectivity index (χ2v) is 7.26. The van der Waals surface area contributed by atoms with Crippen molar-refractivity contribution >= 4 is 0 Å². The van der Waals surface area contributed by atoms with Crippen molar-refractivity contribution in [3.63, 3.8) is 0 Å². The lowest BCUT2D eigenvalue weighted by atomic mass is 9.99. The number of rotatable bonds is 7. The molecule has 1 heterocycles. The Morgan fingerprint density at radius 2 is 1.52 bits per heavy atom. The predicted octanol–water partition coefficient (Wildman–Crippen LogP) is 0.511. The molecule has 7 heteroatoms. The summed E-state index contributed by atoms with van der Waals surface area (Å²) >= 11 is 0. The van der Waals surface area contributed by atoms with Gasteiger partial charge in [-0.15, -0.1) is 0 Å². The molecule has 2 aromatic rings. The first-order valence-corrected chi connectivity index (χ1v) is 9.74. The van der Waals surface area contributed by atoms with Gasteiger partial charge in [0.1, 0.15) is 30.2 Å². The van der Waals surface area contributed by atoms with Gasteiger partial charge in [0.15, 0.2) is 0 Å². The average Bonchev–Trinajstić information content (AvgIpc) is 2.75. The molecule has 0 bridgehead atoms. The fourth-order valence-corrected chi connectivity index (χ4v) is 3.36. The highest BCUT2D eigenvalue weighted by atomic mass is 16.7. The summed E-state index contributed by atoms with van der Waals surface area (Å²) in [5.74, 6) is 0.389. The number of benzene rings is 2. The van der Waals surface area contributed by atoms with Crippen LogP contribution in [0.25, 0.3) is 0 Å². The van der Waals surface area contributed by atoms with E-state index in [4.69, 9.17) is 9.47 Å². The van der Waals surface area contributed by atoms with Gasteiger partial charge >= 0.3 is 0 Å². The van der Waals surface area contributed by atoms with Crippen LogP contribution in [0.1, 0.15) is 29.2 Å². The summed E-state index contributed by atoms with van der Waals surface area (Å²) in [7, 11) is 0. The van der Waals surface area contributed by atoms with E-state index in [0.29, 0.717) is 17.7 Å². The lowest BCUT2D eigenvalue weighted by Crippen LogP contribution is -2.60. The van der Waals surface area contributed by atoms with Crippen molar-refractivity contribution in [3.05, 3.63) is 64.7 Å².